The van der Waals surface area contributed by atoms with Gasteiger partial charge >= 0.3 is 5.97 Å². The average Bonchev–Trinajstić information content (AvgIpc) is 2.50. The first-order valence-electron chi connectivity index (χ1n) is 6.15. The van der Waals surface area contributed by atoms with E-state index in [0.29, 0.717) is 6.42 Å². The first-order valence-corrected chi connectivity index (χ1v) is 6.15. The molecule has 98 valence electrons. The van der Waals surface area contributed by atoms with Gasteiger partial charge in [-0.2, -0.15) is 0 Å². The summed E-state index contributed by atoms with van der Waals surface area (Å²) in [5, 5.41) is 19.0. The summed E-state index contributed by atoms with van der Waals surface area (Å²) >= 11 is 0. The van der Waals surface area contributed by atoms with Crippen molar-refractivity contribution in [3.8, 4) is 0 Å². The second kappa shape index (κ2) is 4.94. The summed E-state index contributed by atoms with van der Waals surface area (Å²) in [5.41, 5.74) is 0.306. The molecule has 18 heavy (non-hydrogen) atoms. The van der Waals surface area contributed by atoms with Gasteiger partial charge in [-0.3, -0.25) is 0 Å². The van der Waals surface area contributed by atoms with Crippen molar-refractivity contribution in [2.24, 2.45) is 0 Å². The van der Waals surface area contributed by atoms with Gasteiger partial charge in [0, 0.05) is 25.0 Å². The number of pyridine rings is 1. The summed E-state index contributed by atoms with van der Waals surface area (Å²) in [4.78, 5) is 16.8. The number of anilines is 1. The molecule has 2 N–H and O–H groups in total. The maximum absolute atomic E-state index is 10.9. The fraction of sp³-hybridized carbons (Fsp3) is 0.538. The molecule has 1 unspecified atom stereocenters. The summed E-state index contributed by atoms with van der Waals surface area (Å²) in [6, 6.07) is 3.40. The standard InChI is InChI=1S/C13H18N2O3/c1-13(18)4-2-7-15(8-5-13)10-3-6-14-11(9-10)12(16)17/h3,6,9,18H,2,4-5,7-8H2,1H3,(H,16,17). The largest absolute Gasteiger partial charge is 0.477 e. The van der Waals surface area contributed by atoms with Crippen molar-refractivity contribution in [3.63, 3.8) is 0 Å². The summed E-state index contributed by atoms with van der Waals surface area (Å²) in [6.45, 7) is 3.42. The van der Waals surface area contributed by atoms with Gasteiger partial charge in [-0.25, -0.2) is 9.78 Å². The normalized spacial score (nSPS) is 24.7. The number of hydrogen-bond acceptors (Lipinski definition) is 4. The van der Waals surface area contributed by atoms with Crippen LogP contribution in [0.2, 0.25) is 0 Å². The molecular weight excluding hydrogens is 232 g/mol. The van der Waals surface area contributed by atoms with Crippen molar-refractivity contribution >= 4 is 11.7 Å². The van der Waals surface area contributed by atoms with E-state index in [1.165, 1.54) is 6.20 Å². The van der Waals surface area contributed by atoms with Crippen LogP contribution in [-0.2, 0) is 0 Å². The molecule has 1 aliphatic rings. The molecule has 1 aromatic rings. The summed E-state index contributed by atoms with van der Waals surface area (Å²) < 4.78 is 0. The van der Waals surface area contributed by atoms with Crippen molar-refractivity contribution in [2.45, 2.75) is 31.8 Å². The Morgan fingerprint density at radius 1 is 1.44 bits per heavy atom. The minimum atomic E-state index is -1.02. The van der Waals surface area contributed by atoms with Crippen molar-refractivity contribution in [2.75, 3.05) is 18.0 Å². The first kappa shape index (κ1) is 12.8. The number of nitrogens with zero attached hydrogens (tertiary/aromatic N) is 2. The smallest absolute Gasteiger partial charge is 0.354 e. The third-order valence-electron chi connectivity index (χ3n) is 3.39. The van der Waals surface area contributed by atoms with Crippen molar-refractivity contribution in [1.29, 1.82) is 0 Å². The lowest BCUT2D eigenvalue weighted by molar-refractivity contribution is 0.0481. The van der Waals surface area contributed by atoms with E-state index in [1.54, 1.807) is 6.07 Å². The van der Waals surface area contributed by atoms with E-state index < -0.39 is 11.6 Å². The van der Waals surface area contributed by atoms with Gasteiger partial charge in [0.05, 0.1) is 5.60 Å². The number of carboxylic acid groups (broad SMARTS) is 1. The number of hydrogen-bond donors (Lipinski definition) is 2. The molecule has 1 saturated heterocycles. The molecule has 0 spiro atoms. The lowest BCUT2D eigenvalue weighted by atomic mass is 9.98. The van der Waals surface area contributed by atoms with E-state index >= 15 is 0 Å². The third kappa shape index (κ3) is 2.98. The summed E-state index contributed by atoms with van der Waals surface area (Å²) in [6.07, 6.45) is 3.89. The van der Waals surface area contributed by atoms with Gasteiger partial charge in [0.1, 0.15) is 5.69 Å². The summed E-state index contributed by atoms with van der Waals surface area (Å²) in [7, 11) is 0. The molecule has 5 nitrogen and oxygen atoms in total. The van der Waals surface area contributed by atoms with E-state index in [-0.39, 0.29) is 5.69 Å². The van der Waals surface area contributed by atoms with E-state index in [2.05, 4.69) is 9.88 Å². The predicted octanol–water partition coefficient (Wildman–Crippen LogP) is 1.52. The highest BCUT2D eigenvalue weighted by Crippen LogP contribution is 2.25. The molecule has 5 heteroatoms. The van der Waals surface area contributed by atoms with Crippen LogP contribution in [0.3, 0.4) is 0 Å². The van der Waals surface area contributed by atoms with Crippen LogP contribution < -0.4 is 4.90 Å². The molecule has 1 fully saturated rings. The van der Waals surface area contributed by atoms with Crippen LogP contribution in [0, 0.1) is 0 Å². The number of carboxylic acids is 1. The molecule has 0 amide bonds. The Bertz CT molecular complexity index is 446. The van der Waals surface area contributed by atoms with Gasteiger partial charge in [0.15, 0.2) is 0 Å². The molecule has 1 atom stereocenters. The van der Waals surface area contributed by atoms with Gasteiger partial charge in [-0.1, -0.05) is 0 Å². The summed E-state index contributed by atoms with van der Waals surface area (Å²) in [5.74, 6) is -1.02. The van der Waals surface area contributed by atoms with Crippen LogP contribution in [0.15, 0.2) is 18.3 Å². The maximum atomic E-state index is 10.9. The number of aromatic nitrogens is 1. The Labute approximate surface area is 106 Å². The van der Waals surface area contributed by atoms with Crippen LogP contribution in [0.1, 0.15) is 36.7 Å². The average molecular weight is 250 g/mol. The lowest BCUT2D eigenvalue weighted by Crippen LogP contribution is -2.28. The number of aliphatic hydroxyl groups is 1. The number of carbonyl (C=O) groups is 1. The number of aromatic carboxylic acids is 1. The number of rotatable bonds is 2. The Kier molecular flexibility index (Phi) is 3.52. The minimum Gasteiger partial charge on any atom is -0.477 e. The molecule has 2 heterocycles. The fourth-order valence-electron chi connectivity index (χ4n) is 2.25. The van der Waals surface area contributed by atoms with Gasteiger partial charge < -0.3 is 15.1 Å². The first-order chi connectivity index (χ1) is 8.48. The second-order valence-electron chi connectivity index (χ2n) is 5.04. The zero-order chi connectivity index (χ0) is 13.2. The van der Waals surface area contributed by atoms with Gasteiger partial charge in [0.2, 0.25) is 0 Å². The molecule has 0 aliphatic carbocycles. The van der Waals surface area contributed by atoms with Crippen LogP contribution in [0.4, 0.5) is 5.69 Å². The molecule has 0 aromatic carbocycles. The predicted molar refractivity (Wildman–Crippen MR) is 67.9 cm³/mol. The Hall–Kier alpha value is -1.62. The van der Waals surface area contributed by atoms with E-state index in [4.69, 9.17) is 5.11 Å². The Balaban J connectivity index is 2.16. The highest BCUT2D eigenvalue weighted by atomic mass is 16.4. The highest BCUT2D eigenvalue weighted by Gasteiger charge is 2.25. The topological polar surface area (TPSA) is 73.7 Å². The fourth-order valence-corrected chi connectivity index (χ4v) is 2.25. The van der Waals surface area contributed by atoms with Gasteiger partial charge in [-0.15, -0.1) is 0 Å². The quantitative estimate of drug-likeness (QED) is 0.832. The van der Waals surface area contributed by atoms with Crippen molar-refractivity contribution < 1.29 is 15.0 Å². The van der Waals surface area contributed by atoms with E-state index in [1.807, 2.05) is 13.0 Å². The van der Waals surface area contributed by atoms with Crippen LogP contribution >= 0.6 is 0 Å². The second-order valence-corrected chi connectivity index (χ2v) is 5.04. The Morgan fingerprint density at radius 3 is 2.94 bits per heavy atom. The SMILES string of the molecule is CC1(O)CCCN(c2ccnc(C(=O)O)c2)CC1. The molecular formula is C13H18N2O3. The molecule has 2 rings (SSSR count). The van der Waals surface area contributed by atoms with E-state index in [0.717, 1.165) is 31.6 Å². The minimum absolute atomic E-state index is 0.0588. The van der Waals surface area contributed by atoms with Crippen LogP contribution in [0.5, 0.6) is 0 Å². The Morgan fingerprint density at radius 2 is 2.22 bits per heavy atom. The molecule has 1 aromatic heterocycles. The molecule has 0 saturated carbocycles. The van der Waals surface area contributed by atoms with Crippen molar-refractivity contribution in [1.82, 2.24) is 4.98 Å². The van der Waals surface area contributed by atoms with Crippen LogP contribution in [-0.4, -0.2) is 39.9 Å². The van der Waals surface area contributed by atoms with Gasteiger partial charge in [0.25, 0.3) is 0 Å². The molecule has 0 bridgehead atoms. The zero-order valence-electron chi connectivity index (χ0n) is 10.5. The van der Waals surface area contributed by atoms with Crippen LogP contribution in [0.25, 0.3) is 0 Å². The monoisotopic (exact) mass is 250 g/mol. The molecule has 1 aliphatic heterocycles. The third-order valence-corrected chi connectivity index (χ3v) is 3.39. The lowest BCUT2D eigenvalue weighted by Gasteiger charge is -2.24. The zero-order valence-corrected chi connectivity index (χ0v) is 10.5. The van der Waals surface area contributed by atoms with Gasteiger partial charge in [-0.05, 0) is 38.3 Å². The van der Waals surface area contributed by atoms with Crippen molar-refractivity contribution in [3.05, 3.63) is 24.0 Å². The molecule has 0 radical (unpaired) electrons. The van der Waals surface area contributed by atoms with E-state index in [9.17, 15) is 9.90 Å². The highest BCUT2D eigenvalue weighted by molar-refractivity contribution is 5.86. The maximum Gasteiger partial charge on any atom is 0.354 e.